The van der Waals surface area contributed by atoms with E-state index in [1.807, 2.05) is 156 Å². The van der Waals surface area contributed by atoms with Gasteiger partial charge in [0.05, 0.1) is 59.0 Å². The van der Waals surface area contributed by atoms with E-state index in [1.165, 1.54) is 22.7 Å². The molecule has 4 heterocycles. The van der Waals surface area contributed by atoms with Crippen LogP contribution >= 0.6 is 22.7 Å². The van der Waals surface area contributed by atoms with Gasteiger partial charge in [0.25, 0.3) is 0 Å². The third-order valence-electron chi connectivity index (χ3n) is 8.75. The minimum Gasteiger partial charge on any atom is -0.489 e. The molecule has 0 saturated carbocycles. The lowest BCUT2D eigenvalue weighted by molar-refractivity contribution is 0.217. The van der Waals surface area contributed by atoms with Crippen molar-refractivity contribution < 1.29 is 9.47 Å². The van der Waals surface area contributed by atoms with Gasteiger partial charge in [-0.05, 0) is 62.4 Å². The fraction of sp³-hybridized carbons (Fsp3) is 0.0952. The maximum Gasteiger partial charge on any atom is 0.203 e. The minimum absolute atomic E-state index is 0.329. The second kappa shape index (κ2) is 17.1. The highest BCUT2D eigenvalue weighted by Gasteiger charge is 2.15. The van der Waals surface area contributed by atoms with Crippen LogP contribution in [0.3, 0.4) is 0 Å². The van der Waals surface area contributed by atoms with Crippen LogP contribution in [0.25, 0.3) is 33.9 Å². The van der Waals surface area contributed by atoms with Gasteiger partial charge in [0, 0.05) is 33.0 Å². The molecule has 2 N–H and O–H groups in total. The van der Waals surface area contributed by atoms with E-state index in [1.54, 1.807) is 12.4 Å². The highest BCUT2D eigenvalue weighted by Crippen LogP contribution is 2.30. The number of anilines is 2. The smallest absolute Gasteiger partial charge is 0.203 e. The zero-order valence-corrected chi connectivity index (χ0v) is 32.1. The Balaban J connectivity index is 0.830. The van der Waals surface area contributed by atoms with Gasteiger partial charge in [-0.25, -0.2) is 19.3 Å². The van der Waals surface area contributed by atoms with Gasteiger partial charge in [-0.15, -0.1) is 22.7 Å². The summed E-state index contributed by atoms with van der Waals surface area (Å²) in [5.41, 5.74) is 15.4. The fourth-order valence-electron chi connectivity index (χ4n) is 5.93. The summed E-state index contributed by atoms with van der Waals surface area (Å²) in [5, 5.41) is 23.4. The molecule has 8 aromatic rings. The molecule has 0 aliphatic rings. The molecule has 56 heavy (non-hydrogen) atoms. The summed E-state index contributed by atoms with van der Waals surface area (Å²) in [4.78, 5) is 9.46. The molecule has 0 amide bonds. The van der Waals surface area contributed by atoms with E-state index < -0.39 is 0 Å². The average Bonchev–Trinajstić information content (AvgIpc) is 4.06. The number of aromatic nitrogens is 6. The summed E-state index contributed by atoms with van der Waals surface area (Å²) >= 11 is 2.96. The fourth-order valence-corrected chi connectivity index (χ4v) is 7.25. The van der Waals surface area contributed by atoms with Crippen molar-refractivity contribution in [1.29, 1.82) is 0 Å². The van der Waals surface area contributed by atoms with Crippen molar-refractivity contribution in [3.8, 4) is 45.4 Å². The lowest BCUT2D eigenvalue weighted by Gasteiger charge is -2.11. The quantitative estimate of drug-likeness (QED) is 0.0599. The van der Waals surface area contributed by atoms with Crippen molar-refractivity contribution in [2.75, 3.05) is 24.1 Å². The SMILES string of the molecule is Cc1c(-c2csc(N/N=C/c3ccccc3OCCOc3ccccc3/C=N/Nc3nc(-c4cnn(-c5ccccc5)c4C)cs3)n2)cnn1-c1ccccc1. The molecule has 0 radical (unpaired) electrons. The molecule has 0 aliphatic carbocycles. The Morgan fingerprint density at radius 2 is 0.982 bits per heavy atom. The van der Waals surface area contributed by atoms with Crippen LogP contribution in [-0.4, -0.2) is 55.2 Å². The predicted molar refractivity (Wildman–Crippen MR) is 225 cm³/mol. The van der Waals surface area contributed by atoms with Crippen molar-refractivity contribution in [3.63, 3.8) is 0 Å². The third kappa shape index (κ3) is 8.26. The normalized spacial score (nSPS) is 11.4. The number of thiazole rings is 2. The van der Waals surface area contributed by atoms with E-state index in [4.69, 9.17) is 19.4 Å². The van der Waals surface area contributed by atoms with Crippen molar-refractivity contribution >= 4 is 45.4 Å². The first-order valence-corrected chi connectivity index (χ1v) is 19.5. The molecule has 0 fully saturated rings. The van der Waals surface area contributed by atoms with Crippen molar-refractivity contribution in [1.82, 2.24) is 29.5 Å². The molecule has 4 aromatic carbocycles. The number of ether oxygens (including phenoxy) is 2. The number of nitrogens with one attached hydrogen (secondary N) is 2. The van der Waals surface area contributed by atoms with Gasteiger partial charge in [-0.2, -0.15) is 20.4 Å². The first kappa shape index (κ1) is 36.1. The summed E-state index contributed by atoms with van der Waals surface area (Å²) in [6.07, 6.45) is 7.13. The Hall–Kier alpha value is -6.90. The van der Waals surface area contributed by atoms with Gasteiger partial charge in [0.1, 0.15) is 24.7 Å². The number of hydrogen-bond acceptors (Lipinski definition) is 12. The van der Waals surface area contributed by atoms with Crippen LogP contribution in [0.4, 0.5) is 10.3 Å². The van der Waals surface area contributed by atoms with Crippen LogP contribution < -0.4 is 20.3 Å². The zero-order valence-electron chi connectivity index (χ0n) is 30.5. The highest BCUT2D eigenvalue weighted by atomic mass is 32.1. The first-order valence-electron chi connectivity index (χ1n) is 17.7. The van der Waals surface area contributed by atoms with Crippen LogP contribution in [0.15, 0.2) is 143 Å². The molecular weight excluding hydrogens is 741 g/mol. The summed E-state index contributed by atoms with van der Waals surface area (Å²) in [5.74, 6) is 1.38. The van der Waals surface area contributed by atoms with Crippen molar-refractivity contribution in [2.45, 2.75) is 13.8 Å². The lowest BCUT2D eigenvalue weighted by atomic mass is 10.2. The van der Waals surface area contributed by atoms with Gasteiger partial charge < -0.3 is 9.47 Å². The number of hydrazone groups is 2. The average molecular weight is 777 g/mol. The zero-order chi connectivity index (χ0) is 38.1. The standard InChI is InChI=1S/C42H36N10O2S2/c1-29-35(25-45-51(29)33-15-5-3-6-16-33)37-27-55-41(47-37)49-43-23-31-13-9-11-19-39(31)53-21-22-54-40-20-12-10-14-32(40)24-44-50-42-48-38(28-56-42)36-26-46-52(30(36)2)34-17-7-4-8-18-34/h3-20,23-28H,21-22H2,1-2H3,(H,47,49)(H,48,50)/b43-23+,44-24+. The second-order valence-electron chi connectivity index (χ2n) is 12.4. The van der Waals surface area contributed by atoms with Gasteiger partial charge in [-0.1, -0.05) is 60.7 Å². The van der Waals surface area contributed by atoms with Gasteiger partial charge in [0.15, 0.2) is 0 Å². The summed E-state index contributed by atoms with van der Waals surface area (Å²) in [6, 6.07) is 35.5. The van der Waals surface area contributed by atoms with Crippen LogP contribution in [0.1, 0.15) is 22.5 Å². The molecule has 0 spiro atoms. The predicted octanol–water partition coefficient (Wildman–Crippen LogP) is 9.27. The Labute approximate surface area is 331 Å². The minimum atomic E-state index is 0.329. The van der Waals surface area contributed by atoms with Crippen LogP contribution in [-0.2, 0) is 0 Å². The Bertz CT molecular complexity index is 2410. The third-order valence-corrected chi connectivity index (χ3v) is 10.2. The van der Waals surface area contributed by atoms with Crippen LogP contribution in [0, 0.1) is 13.8 Å². The molecule has 0 saturated heterocycles. The highest BCUT2D eigenvalue weighted by molar-refractivity contribution is 7.14. The maximum absolute atomic E-state index is 6.10. The Kier molecular flexibility index (Phi) is 11.0. The number of para-hydroxylation sites is 4. The molecule has 4 aromatic heterocycles. The number of rotatable bonds is 15. The molecule has 0 bridgehead atoms. The van der Waals surface area contributed by atoms with Gasteiger partial charge in [0.2, 0.25) is 10.3 Å². The van der Waals surface area contributed by atoms with E-state index in [0.717, 1.165) is 56.4 Å². The second-order valence-corrected chi connectivity index (χ2v) is 14.1. The van der Waals surface area contributed by atoms with E-state index in [0.29, 0.717) is 35.0 Å². The van der Waals surface area contributed by atoms with Crippen molar-refractivity contribution in [3.05, 3.63) is 155 Å². The molecule has 0 aliphatic heterocycles. The summed E-state index contributed by atoms with van der Waals surface area (Å²) < 4.78 is 16.0. The maximum atomic E-state index is 6.10. The lowest BCUT2D eigenvalue weighted by Crippen LogP contribution is -2.11. The van der Waals surface area contributed by atoms with E-state index in [2.05, 4.69) is 31.3 Å². The monoisotopic (exact) mass is 776 g/mol. The van der Waals surface area contributed by atoms with Gasteiger partial charge in [-0.3, -0.25) is 10.9 Å². The number of nitrogens with zero attached hydrogens (tertiary/aromatic N) is 8. The number of benzene rings is 4. The molecular formula is C42H36N10O2S2. The molecule has 0 unspecified atom stereocenters. The number of hydrogen-bond donors (Lipinski definition) is 2. The van der Waals surface area contributed by atoms with E-state index >= 15 is 0 Å². The summed E-state index contributed by atoms with van der Waals surface area (Å²) in [6.45, 7) is 4.74. The molecule has 8 rings (SSSR count). The molecule has 278 valence electrons. The van der Waals surface area contributed by atoms with E-state index in [9.17, 15) is 0 Å². The largest absolute Gasteiger partial charge is 0.489 e. The molecule has 14 heteroatoms. The molecule has 0 atom stereocenters. The van der Waals surface area contributed by atoms with Crippen molar-refractivity contribution in [2.24, 2.45) is 10.2 Å². The molecule has 12 nitrogen and oxygen atoms in total. The Morgan fingerprint density at radius 3 is 1.43 bits per heavy atom. The topological polar surface area (TPSA) is 129 Å². The summed E-state index contributed by atoms with van der Waals surface area (Å²) in [7, 11) is 0. The van der Waals surface area contributed by atoms with Crippen LogP contribution in [0.5, 0.6) is 11.5 Å². The Morgan fingerprint density at radius 1 is 0.571 bits per heavy atom. The van der Waals surface area contributed by atoms with Crippen LogP contribution in [0.2, 0.25) is 0 Å². The first-order chi connectivity index (χ1) is 27.6. The van der Waals surface area contributed by atoms with Gasteiger partial charge >= 0.3 is 0 Å². The van der Waals surface area contributed by atoms with E-state index in [-0.39, 0.29) is 0 Å².